The maximum atomic E-state index is 3.51. The molecule has 2 heteroatoms. The van der Waals surface area contributed by atoms with E-state index < -0.39 is 0 Å². The first kappa shape index (κ1) is 11.3. The highest BCUT2D eigenvalue weighted by molar-refractivity contribution is 5.83. The zero-order valence-corrected chi connectivity index (χ0v) is 11.0. The normalized spacial score (nSPS) is 15.9. The van der Waals surface area contributed by atoms with Crippen LogP contribution >= 0.6 is 0 Å². The molecule has 1 aliphatic rings. The molecule has 1 heterocycles. The first-order valence-corrected chi connectivity index (χ1v) is 5.32. The largest absolute Gasteiger partial charge is 1.00 e. The SMILES string of the molecule is CC1(C)C=c2c(ccc3ccccc23)=[NH+]1.[Br-]. The van der Waals surface area contributed by atoms with Gasteiger partial charge in [-0.15, -0.1) is 0 Å². The Bertz CT molecular complexity index is 656. The van der Waals surface area contributed by atoms with Crippen molar-refractivity contribution in [2.75, 3.05) is 0 Å². The summed E-state index contributed by atoms with van der Waals surface area (Å²) < 4.78 is 0. The van der Waals surface area contributed by atoms with E-state index in [1.54, 1.807) is 0 Å². The van der Waals surface area contributed by atoms with Crippen LogP contribution in [0.15, 0.2) is 36.4 Å². The highest BCUT2D eigenvalue weighted by Gasteiger charge is 2.23. The molecule has 16 heavy (non-hydrogen) atoms. The van der Waals surface area contributed by atoms with Crippen molar-refractivity contribution in [2.45, 2.75) is 19.4 Å². The second-order valence-corrected chi connectivity index (χ2v) is 4.74. The quantitative estimate of drug-likeness (QED) is 0.531. The Balaban J connectivity index is 0.000000963. The van der Waals surface area contributed by atoms with Gasteiger partial charge in [-0.05, 0) is 22.9 Å². The molecular formula is C14H14BrN. The summed E-state index contributed by atoms with van der Waals surface area (Å²) >= 11 is 0. The van der Waals surface area contributed by atoms with E-state index in [-0.39, 0.29) is 22.5 Å². The van der Waals surface area contributed by atoms with Gasteiger partial charge in [-0.1, -0.05) is 24.3 Å². The average Bonchev–Trinajstić information content (AvgIpc) is 2.52. The van der Waals surface area contributed by atoms with Gasteiger partial charge in [0.15, 0.2) is 5.54 Å². The average molecular weight is 276 g/mol. The second-order valence-electron chi connectivity index (χ2n) is 4.74. The highest BCUT2D eigenvalue weighted by atomic mass is 79.9. The summed E-state index contributed by atoms with van der Waals surface area (Å²) in [4.78, 5) is 3.51. The van der Waals surface area contributed by atoms with Crippen LogP contribution in [0.2, 0.25) is 0 Å². The Morgan fingerprint density at radius 2 is 1.75 bits per heavy atom. The van der Waals surface area contributed by atoms with Crippen LogP contribution in [-0.2, 0) is 0 Å². The number of hydrogen-bond donors (Lipinski definition) is 1. The van der Waals surface area contributed by atoms with E-state index >= 15 is 0 Å². The van der Waals surface area contributed by atoms with Crippen LogP contribution in [0.25, 0.3) is 16.8 Å². The molecule has 1 nitrogen and oxygen atoms in total. The third-order valence-electron chi connectivity index (χ3n) is 2.93. The summed E-state index contributed by atoms with van der Waals surface area (Å²) in [7, 11) is 0. The van der Waals surface area contributed by atoms with Gasteiger partial charge in [0.25, 0.3) is 0 Å². The van der Waals surface area contributed by atoms with Crippen molar-refractivity contribution >= 4 is 16.8 Å². The molecule has 0 amide bonds. The Hall–Kier alpha value is -1.15. The van der Waals surface area contributed by atoms with Crippen molar-refractivity contribution in [3.8, 4) is 0 Å². The smallest absolute Gasteiger partial charge is 0.206 e. The summed E-state index contributed by atoms with van der Waals surface area (Å²) in [5.41, 5.74) is 0.0759. The van der Waals surface area contributed by atoms with E-state index in [1.165, 1.54) is 21.3 Å². The van der Waals surface area contributed by atoms with Crippen LogP contribution in [0.5, 0.6) is 0 Å². The number of fused-ring (bicyclic) bond motifs is 3. The van der Waals surface area contributed by atoms with Crippen molar-refractivity contribution in [3.05, 3.63) is 47.0 Å². The molecule has 0 atom stereocenters. The molecule has 82 valence electrons. The van der Waals surface area contributed by atoms with Crippen molar-refractivity contribution in [3.63, 3.8) is 0 Å². The monoisotopic (exact) mass is 275 g/mol. The van der Waals surface area contributed by atoms with Crippen molar-refractivity contribution in [2.24, 2.45) is 0 Å². The summed E-state index contributed by atoms with van der Waals surface area (Å²) in [6.07, 6.45) is 2.31. The fourth-order valence-electron chi connectivity index (χ4n) is 2.30. The Labute approximate surface area is 105 Å². The van der Waals surface area contributed by atoms with E-state index in [1.807, 2.05) is 0 Å². The molecule has 0 aromatic heterocycles. The van der Waals surface area contributed by atoms with Gasteiger partial charge in [0.05, 0.1) is 5.22 Å². The molecule has 2 aromatic rings. The van der Waals surface area contributed by atoms with Gasteiger partial charge in [-0.25, -0.2) is 4.99 Å². The molecule has 0 unspecified atom stereocenters. The lowest BCUT2D eigenvalue weighted by Crippen LogP contribution is -3.00. The molecule has 2 aromatic carbocycles. The molecule has 0 radical (unpaired) electrons. The van der Waals surface area contributed by atoms with Crippen LogP contribution in [0.1, 0.15) is 13.8 Å². The standard InChI is InChI=1S/C14H13N.BrH/c1-14(2)9-12-11-6-4-3-5-10(11)7-8-13(12)15-14;/h3-9H,1-2H3;1H. The lowest BCUT2D eigenvalue weighted by molar-refractivity contribution is -0.557. The van der Waals surface area contributed by atoms with E-state index in [0.717, 1.165) is 0 Å². The minimum Gasteiger partial charge on any atom is -1.00 e. The number of benzene rings is 2. The maximum Gasteiger partial charge on any atom is 0.206 e. The first-order valence-electron chi connectivity index (χ1n) is 5.32. The fourth-order valence-corrected chi connectivity index (χ4v) is 2.30. The lowest BCUT2D eigenvalue weighted by Gasteiger charge is -2.01. The summed E-state index contributed by atoms with van der Waals surface area (Å²) in [5.74, 6) is 0. The summed E-state index contributed by atoms with van der Waals surface area (Å²) in [5, 5.41) is 5.25. The van der Waals surface area contributed by atoms with Crippen LogP contribution < -0.4 is 32.5 Å². The van der Waals surface area contributed by atoms with Crippen molar-refractivity contribution < 1.29 is 22.0 Å². The molecule has 1 N–H and O–H groups in total. The number of halogens is 1. The maximum absolute atomic E-state index is 3.51. The van der Waals surface area contributed by atoms with E-state index in [9.17, 15) is 0 Å². The number of nitrogens with one attached hydrogen (secondary N) is 1. The lowest BCUT2D eigenvalue weighted by atomic mass is 10.0. The minimum atomic E-state index is 0. The first-order chi connectivity index (χ1) is 7.16. The molecule has 0 saturated heterocycles. The number of rotatable bonds is 0. The van der Waals surface area contributed by atoms with Crippen molar-refractivity contribution in [1.29, 1.82) is 0 Å². The molecule has 0 saturated carbocycles. The predicted octanol–water partition coefficient (Wildman–Crippen LogP) is -2.88. The molecular weight excluding hydrogens is 262 g/mol. The van der Waals surface area contributed by atoms with E-state index in [2.05, 4.69) is 61.3 Å². The Morgan fingerprint density at radius 1 is 1.00 bits per heavy atom. The Morgan fingerprint density at radius 3 is 2.56 bits per heavy atom. The van der Waals surface area contributed by atoms with Crippen LogP contribution in [0, 0.1) is 0 Å². The topological polar surface area (TPSA) is 14.0 Å². The van der Waals surface area contributed by atoms with Gasteiger partial charge in [0.1, 0.15) is 0 Å². The van der Waals surface area contributed by atoms with Gasteiger partial charge >= 0.3 is 0 Å². The van der Waals surface area contributed by atoms with E-state index in [0.29, 0.717) is 0 Å². The van der Waals surface area contributed by atoms with Crippen LogP contribution in [-0.4, -0.2) is 5.54 Å². The summed E-state index contributed by atoms with van der Waals surface area (Å²) in [6.45, 7) is 4.39. The molecule has 0 fully saturated rings. The molecule has 0 aliphatic carbocycles. The van der Waals surface area contributed by atoms with Gasteiger partial charge in [0, 0.05) is 19.9 Å². The van der Waals surface area contributed by atoms with Crippen LogP contribution in [0.4, 0.5) is 0 Å². The zero-order chi connectivity index (χ0) is 10.5. The van der Waals surface area contributed by atoms with Gasteiger partial charge in [-0.3, -0.25) is 0 Å². The fraction of sp³-hybridized carbons (Fsp3) is 0.214. The molecule has 1 aliphatic heterocycles. The minimum absolute atomic E-state index is 0. The predicted molar refractivity (Wildman–Crippen MR) is 61.8 cm³/mol. The zero-order valence-electron chi connectivity index (χ0n) is 9.42. The molecule has 0 spiro atoms. The van der Waals surface area contributed by atoms with Crippen molar-refractivity contribution in [1.82, 2.24) is 0 Å². The van der Waals surface area contributed by atoms with Crippen LogP contribution in [0.3, 0.4) is 0 Å². The summed E-state index contributed by atoms with van der Waals surface area (Å²) in [6, 6.07) is 12.9. The van der Waals surface area contributed by atoms with E-state index in [4.69, 9.17) is 0 Å². The highest BCUT2D eigenvalue weighted by Crippen LogP contribution is 2.08. The van der Waals surface area contributed by atoms with Gasteiger partial charge < -0.3 is 17.0 Å². The molecule has 0 bridgehead atoms. The third-order valence-corrected chi connectivity index (χ3v) is 2.93. The third kappa shape index (κ3) is 1.67. The van der Waals surface area contributed by atoms with Gasteiger partial charge in [-0.2, -0.15) is 0 Å². The second kappa shape index (κ2) is 3.70. The molecule has 3 rings (SSSR count). The van der Waals surface area contributed by atoms with Gasteiger partial charge in [0.2, 0.25) is 5.36 Å². The Kier molecular flexibility index (Phi) is 2.62. The number of hydrogen-bond acceptors (Lipinski definition) is 0.